The second-order valence-corrected chi connectivity index (χ2v) is 13.0. The van der Waals surface area contributed by atoms with Crippen LogP contribution in [0.3, 0.4) is 0 Å². The first-order chi connectivity index (χ1) is 19.2. The fourth-order valence-corrected chi connectivity index (χ4v) is 7.13. The van der Waals surface area contributed by atoms with Gasteiger partial charge in [0.1, 0.15) is 6.10 Å². The third-order valence-corrected chi connectivity index (χ3v) is 9.99. The lowest BCUT2D eigenvalue weighted by Crippen LogP contribution is -2.51. The van der Waals surface area contributed by atoms with E-state index in [1.54, 1.807) is 12.1 Å². The van der Waals surface area contributed by atoms with Crippen molar-refractivity contribution in [3.05, 3.63) is 65.7 Å². The van der Waals surface area contributed by atoms with E-state index in [0.29, 0.717) is 18.6 Å². The quantitative estimate of drug-likeness (QED) is 0.335. The number of rotatable bonds is 13. The second kappa shape index (κ2) is 13.9. The molecule has 220 valence electrons. The van der Waals surface area contributed by atoms with E-state index in [-0.39, 0.29) is 48.6 Å². The van der Waals surface area contributed by atoms with Gasteiger partial charge in [0.2, 0.25) is 10.0 Å². The number of hydrogen-bond acceptors (Lipinski definition) is 7. The number of amides is 1. The van der Waals surface area contributed by atoms with Crippen molar-refractivity contribution in [1.29, 1.82) is 0 Å². The molecule has 10 heteroatoms. The number of alkyl carbamates (subject to hydrolysis) is 1. The summed E-state index contributed by atoms with van der Waals surface area (Å²) in [6.07, 6.45) is 1.62. The van der Waals surface area contributed by atoms with Crippen molar-refractivity contribution >= 4 is 16.1 Å². The number of ether oxygens (including phenoxy) is 2. The summed E-state index contributed by atoms with van der Waals surface area (Å²) < 4.78 is 40.2. The molecule has 0 unspecified atom stereocenters. The topological polar surface area (TPSA) is 125 Å². The minimum Gasteiger partial charge on any atom is -0.446 e. The molecule has 2 aromatic rings. The smallest absolute Gasteiger partial charge is 0.407 e. The molecule has 3 N–H and O–H groups in total. The van der Waals surface area contributed by atoms with Gasteiger partial charge in [-0.1, -0.05) is 62.7 Å². The van der Waals surface area contributed by atoms with Gasteiger partial charge >= 0.3 is 6.09 Å². The maximum Gasteiger partial charge on any atom is 0.407 e. The number of nitrogens with one attached hydrogen (secondary N) is 1. The molecule has 1 aliphatic carbocycles. The second-order valence-electron chi connectivity index (χ2n) is 11.0. The summed E-state index contributed by atoms with van der Waals surface area (Å²) in [7, 11) is -3.96. The molecule has 4 rings (SSSR count). The number of nitrogens with zero attached hydrogens (tertiary/aromatic N) is 1. The van der Waals surface area contributed by atoms with Gasteiger partial charge in [0, 0.05) is 25.6 Å². The summed E-state index contributed by atoms with van der Waals surface area (Å²) in [5.74, 6) is 0.241. The number of sulfonamides is 1. The lowest BCUT2D eigenvalue weighted by molar-refractivity contribution is 0.0496. The number of hydrogen-bond donors (Lipinski definition) is 3. The minimum absolute atomic E-state index is 0.0492. The van der Waals surface area contributed by atoms with Gasteiger partial charge in [-0.15, -0.1) is 0 Å². The summed E-state index contributed by atoms with van der Waals surface area (Å²) in [6, 6.07) is 14.8. The maximum absolute atomic E-state index is 13.7. The molecule has 1 amide bonds. The van der Waals surface area contributed by atoms with Crippen LogP contribution in [0.4, 0.5) is 4.79 Å². The number of carbonyl (C=O) groups excluding carboxylic acids is 1. The van der Waals surface area contributed by atoms with Crippen molar-refractivity contribution in [1.82, 2.24) is 9.62 Å². The molecular weight excluding hydrogens is 532 g/mol. The van der Waals surface area contributed by atoms with E-state index in [1.807, 2.05) is 44.2 Å². The Morgan fingerprint density at radius 3 is 2.48 bits per heavy atom. The fourth-order valence-electron chi connectivity index (χ4n) is 5.55. The van der Waals surface area contributed by atoms with Gasteiger partial charge in [-0.05, 0) is 54.9 Å². The first kappa shape index (κ1) is 30.5. The van der Waals surface area contributed by atoms with Crippen molar-refractivity contribution in [3.63, 3.8) is 0 Å². The molecule has 0 spiro atoms. The van der Waals surface area contributed by atoms with Crippen molar-refractivity contribution < 1.29 is 32.9 Å². The standard InChI is InChI=1S/C30H42N2O7S/c1-3-21(2)18-32(40(36,37)24-11-9-23(20-33)10-12-24)19-27(34)26(17-22-7-5-4-6-8-22)31-30(35)39-29-14-13-28-25(29)15-16-38-28/h4-12,21,25-29,33-34H,3,13-20H2,1-2H3,(H,31,35)/t21-,25+,26-,27+,28+,29-/m0/s1. The lowest BCUT2D eigenvalue weighted by atomic mass is 10.0. The molecule has 2 fully saturated rings. The Labute approximate surface area is 237 Å². The normalized spacial score (nSPS) is 23.0. The first-order valence-corrected chi connectivity index (χ1v) is 15.7. The van der Waals surface area contributed by atoms with Crippen LogP contribution in [0.25, 0.3) is 0 Å². The molecule has 9 nitrogen and oxygen atoms in total. The molecule has 1 saturated heterocycles. The van der Waals surface area contributed by atoms with Crippen LogP contribution in [0.5, 0.6) is 0 Å². The number of benzene rings is 2. The van der Waals surface area contributed by atoms with Gasteiger partial charge in [0.25, 0.3) is 0 Å². The zero-order valence-corrected chi connectivity index (χ0v) is 24.1. The van der Waals surface area contributed by atoms with Crippen LogP contribution in [0.2, 0.25) is 0 Å². The summed E-state index contributed by atoms with van der Waals surface area (Å²) in [4.78, 5) is 13.1. The molecule has 1 aliphatic heterocycles. The van der Waals surface area contributed by atoms with Gasteiger partial charge in [0.05, 0.1) is 29.8 Å². The molecule has 0 bridgehead atoms. The summed E-state index contributed by atoms with van der Waals surface area (Å²) in [5.41, 5.74) is 1.50. The highest BCUT2D eigenvalue weighted by Gasteiger charge is 2.43. The van der Waals surface area contributed by atoms with Crippen molar-refractivity contribution in [2.24, 2.45) is 11.8 Å². The summed E-state index contributed by atoms with van der Waals surface area (Å²) in [6.45, 7) is 4.45. The van der Waals surface area contributed by atoms with Gasteiger partial charge in [-0.3, -0.25) is 0 Å². The zero-order chi connectivity index (χ0) is 28.7. The van der Waals surface area contributed by atoms with E-state index in [4.69, 9.17) is 9.47 Å². The third kappa shape index (κ3) is 7.61. The highest BCUT2D eigenvalue weighted by molar-refractivity contribution is 7.89. The van der Waals surface area contributed by atoms with Crippen LogP contribution in [0.15, 0.2) is 59.5 Å². The van der Waals surface area contributed by atoms with Gasteiger partial charge in [-0.25, -0.2) is 13.2 Å². The highest BCUT2D eigenvalue weighted by atomic mass is 32.2. The maximum atomic E-state index is 13.7. The molecule has 2 aliphatic rings. The van der Waals surface area contributed by atoms with Crippen molar-refractivity contribution in [2.75, 3.05) is 19.7 Å². The number of aliphatic hydroxyl groups excluding tert-OH is 2. The predicted octanol–water partition coefficient (Wildman–Crippen LogP) is 3.48. The summed E-state index contributed by atoms with van der Waals surface area (Å²) in [5, 5.41) is 23.7. The molecule has 6 atom stereocenters. The van der Waals surface area contributed by atoms with Crippen LogP contribution in [0, 0.1) is 11.8 Å². The Kier molecular flexibility index (Phi) is 10.6. The number of carbonyl (C=O) groups is 1. The zero-order valence-electron chi connectivity index (χ0n) is 23.3. The number of aliphatic hydroxyl groups is 2. The molecule has 1 heterocycles. The van der Waals surface area contributed by atoms with E-state index < -0.39 is 28.3 Å². The van der Waals surface area contributed by atoms with Gasteiger partial charge in [-0.2, -0.15) is 4.31 Å². The predicted molar refractivity (Wildman–Crippen MR) is 151 cm³/mol. The monoisotopic (exact) mass is 574 g/mol. The first-order valence-electron chi connectivity index (χ1n) is 14.2. The van der Waals surface area contributed by atoms with Crippen LogP contribution in [-0.4, -0.2) is 73.1 Å². The SMILES string of the molecule is CC[C@H](C)CN(C[C@@H](O)[C@H](Cc1ccccc1)NC(=O)O[C@H]1CC[C@H]2OCC[C@@H]12)S(=O)(=O)c1ccc(CO)cc1. The molecule has 1 saturated carbocycles. The molecule has 40 heavy (non-hydrogen) atoms. The average Bonchev–Trinajstić information content (AvgIpc) is 3.58. The molecule has 2 aromatic carbocycles. The Hall–Kier alpha value is -2.50. The molecular formula is C30H42N2O7S. The largest absolute Gasteiger partial charge is 0.446 e. The van der Waals surface area contributed by atoms with E-state index in [1.165, 1.54) is 16.4 Å². The van der Waals surface area contributed by atoms with Crippen LogP contribution < -0.4 is 5.32 Å². The van der Waals surface area contributed by atoms with Crippen LogP contribution >= 0.6 is 0 Å². The lowest BCUT2D eigenvalue weighted by Gasteiger charge is -2.31. The van der Waals surface area contributed by atoms with Crippen LogP contribution in [0.1, 0.15) is 50.7 Å². The van der Waals surface area contributed by atoms with Crippen molar-refractivity contribution in [3.8, 4) is 0 Å². The Morgan fingerprint density at radius 2 is 1.80 bits per heavy atom. The van der Waals surface area contributed by atoms with Gasteiger partial charge in [0.15, 0.2) is 0 Å². The average molecular weight is 575 g/mol. The molecule has 0 radical (unpaired) electrons. The van der Waals surface area contributed by atoms with Crippen LogP contribution in [-0.2, 0) is 32.5 Å². The fraction of sp³-hybridized carbons (Fsp3) is 0.567. The van der Waals surface area contributed by atoms with E-state index in [0.717, 1.165) is 31.2 Å². The highest BCUT2D eigenvalue weighted by Crippen LogP contribution is 2.37. The summed E-state index contributed by atoms with van der Waals surface area (Å²) >= 11 is 0. The Bertz CT molecular complexity index is 1190. The van der Waals surface area contributed by atoms with E-state index in [2.05, 4.69) is 5.32 Å². The number of fused-ring (bicyclic) bond motifs is 1. The van der Waals surface area contributed by atoms with E-state index >= 15 is 0 Å². The Balaban J connectivity index is 1.52. The Morgan fingerprint density at radius 1 is 1.07 bits per heavy atom. The van der Waals surface area contributed by atoms with E-state index in [9.17, 15) is 23.4 Å². The molecule has 0 aromatic heterocycles. The van der Waals surface area contributed by atoms with Crippen molar-refractivity contribution in [2.45, 2.75) is 81.8 Å². The van der Waals surface area contributed by atoms with Gasteiger partial charge < -0.3 is 25.0 Å². The third-order valence-electron chi connectivity index (χ3n) is 8.15. The minimum atomic E-state index is -3.96.